The smallest absolute Gasteiger partial charge is 0.336 e. The lowest BCUT2D eigenvalue weighted by Gasteiger charge is -2.33. The van der Waals surface area contributed by atoms with Gasteiger partial charge in [0.05, 0.1) is 11.3 Å². The number of phenols is 1. The van der Waals surface area contributed by atoms with Crippen LogP contribution < -0.4 is 11.1 Å². The van der Waals surface area contributed by atoms with Crippen LogP contribution in [0.1, 0.15) is 30.9 Å². The Morgan fingerprint density at radius 1 is 1.16 bits per heavy atom. The van der Waals surface area contributed by atoms with E-state index in [2.05, 4.69) is 39.7 Å². The van der Waals surface area contributed by atoms with Crippen molar-refractivity contribution < 1.29 is 9.52 Å². The van der Waals surface area contributed by atoms with E-state index in [1.807, 2.05) is 6.07 Å². The van der Waals surface area contributed by atoms with Crippen molar-refractivity contribution in [3.05, 3.63) is 76.1 Å². The number of hydrogen-bond acceptors (Lipinski definition) is 5. The molecule has 0 unspecified atom stereocenters. The van der Waals surface area contributed by atoms with Gasteiger partial charge in [0, 0.05) is 24.5 Å². The van der Waals surface area contributed by atoms with Gasteiger partial charge < -0.3 is 14.4 Å². The van der Waals surface area contributed by atoms with Crippen LogP contribution >= 0.6 is 12.2 Å². The molecule has 1 aliphatic heterocycles. The van der Waals surface area contributed by atoms with Crippen LogP contribution in [0.3, 0.4) is 0 Å². The second kappa shape index (κ2) is 9.31. The van der Waals surface area contributed by atoms with Gasteiger partial charge in [-0.1, -0.05) is 30.3 Å². The fourth-order valence-electron chi connectivity index (χ4n) is 4.02. The second-order valence-corrected chi connectivity index (χ2v) is 8.25. The van der Waals surface area contributed by atoms with E-state index in [0.29, 0.717) is 33.3 Å². The molecule has 7 heteroatoms. The van der Waals surface area contributed by atoms with Crippen molar-refractivity contribution in [3.8, 4) is 5.75 Å². The zero-order valence-electron chi connectivity index (χ0n) is 17.4. The minimum absolute atomic E-state index is 0.00227. The van der Waals surface area contributed by atoms with Gasteiger partial charge in [0.25, 0.3) is 0 Å². The van der Waals surface area contributed by atoms with Gasteiger partial charge in [-0.3, -0.25) is 5.43 Å². The first kappa shape index (κ1) is 21.1. The second-order valence-electron chi connectivity index (χ2n) is 7.87. The minimum Gasteiger partial charge on any atom is -0.507 e. The monoisotopic (exact) mass is 435 g/mol. The Morgan fingerprint density at radius 3 is 2.61 bits per heavy atom. The molecule has 0 saturated carbocycles. The Balaban J connectivity index is 1.40. The maximum absolute atomic E-state index is 11.7. The van der Waals surface area contributed by atoms with E-state index in [9.17, 15) is 9.90 Å². The average molecular weight is 436 g/mol. The van der Waals surface area contributed by atoms with Gasteiger partial charge in [-0.15, -0.1) is 0 Å². The third-order valence-electron chi connectivity index (χ3n) is 5.72. The molecular formula is C24H25N3O3S. The van der Waals surface area contributed by atoms with Gasteiger partial charge in [0.1, 0.15) is 5.75 Å². The number of hydrazone groups is 1. The highest BCUT2D eigenvalue weighted by Gasteiger charge is 2.21. The Bertz CT molecular complexity index is 1170. The van der Waals surface area contributed by atoms with Gasteiger partial charge in [0.15, 0.2) is 10.7 Å². The summed E-state index contributed by atoms with van der Waals surface area (Å²) in [7, 11) is 0. The zero-order chi connectivity index (χ0) is 21.8. The van der Waals surface area contributed by atoms with Crippen molar-refractivity contribution in [3.63, 3.8) is 0 Å². The first-order valence-electron chi connectivity index (χ1n) is 10.4. The Morgan fingerprint density at radius 2 is 1.87 bits per heavy atom. The number of phenolic OH excluding ortho intramolecular Hbond substituents is 1. The molecule has 3 aromatic rings. The van der Waals surface area contributed by atoms with E-state index in [4.69, 9.17) is 16.6 Å². The number of aromatic hydroxyl groups is 1. The molecule has 1 aliphatic rings. The third-order valence-corrected chi connectivity index (χ3v) is 6.07. The van der Waals surface area contributed by atoms with Crippen molar-refractivity contribution in [1.82, 2.24) is 10.3 Å². The Kier molecular flexibility index (Phi) is 6.32. The van der Waals surface area contributed by atoms with Gasteiger partial charge in [-0.2, -0.15) is 5.10 Å². The topological polar surface area (TPSA) is 78.1 Å². The number of nitrogens with one attached hydrogen (secondary N) is 1. The predicted octanol–water partition coefficient (Wildman–Crippen LogP) is 4.05. The molecule has 0 bridgehead atoms. The molecule has 0 radical (unpaired) electrons. The molecule has 1 fully saturated rings. The summed E-state index contributed by atoms with van der Waals surface area (Å²) in [5.74, 6) is 0.653. The SMILES string of the molecule is C/C(=N\NC(=S)N1CCC(Cc2ccccc2)CC1)c1c(O)ccc2ccc(=O)oc12. The largest absolute Gasteiger partial charge is 0.507 e. The van der Waals surface area contributed by atoms with Crippen LogP contribution in [0.15, 0.2) is 68.9 Å². The summed E-state index contributed by atoms with van der Waals surface area (Å²) in [6, 6.07) is 16.9. The summed E-state index contributed by atoms with van der Waals surface area (Å²) in [6.07, 6.45) is 3.25. The summed E-state index contributed by atoms with van der Waals surface area (Å²) in [4.78, 5) is 13.8. The van der Waals surface area contributed by atoms with Crippen LogP contribution in [0.2, 0.25) is 0 Å². The van der Waals surface area contributed by atoms with E-state index in [-0.39, 0.29) is 5.75 Å². The maximum Gasteiger partial charge on any atom is 0.336 e. The molecule has 2 aromatic carbocycles. The van der Waals surface area contributed by atoms with Crippen LogP contribution in [0.25, 0.3) is 11.0 Å². The molecule has 2 N–H and O–H groups in total. The molecule has 0 amide bonds. The highest BCUT2D eigenvalue weighted by molar-refractivity contribution is 7.80. The third kappa shape index (κ3) is 4.94. The molecule has 0 spiro atoms. The lowest BCUT2D eigenvalue weighted by molar-refractivity contribution is 0.263. The summed E-state index contributed by atoms with van der Waals surface area (Å²) in [5, 5.41) is 15.9. The number of likely N-dealkylation sites (tertiary alicyclic amines) is 1. The van der Waals surface area contributed by atoms with Crippen molar-refractivity contribution in [1.29, 1.82) is 0 Å². The molecule has 0 atom stereocenters. The standard InChI is InChI=1S/C24H25N3O3S/c1-16(22-20(28)9-7-19-8-10-21(29)30-23(19)22)25-26-24(31)27-13-11-18(12-14-27)15-17-5-3-2-4-6-17/h2-10,18,28H,11-15H2,1H3,(H,26,31)/b25-16+. The van der Waals surface area contributed by atoms with E-state index in [1.54, 1.807) is 25.1 Å². The summed E-state index contributed by atoms with van der Waals surface area (Å²) < 4.78 is 5.31. The molecular weight excluding hydrogens is 410 g/mol. The summed E-state index contributed by atoms with van der Waals surface area (Å²) >= 11 is 5.53. The van der Waals surface area contributed by atoms with Gasteiger partial charge >= 0.3 is 5.63 Å². The normalized spacial score (nSPS) is 15.3. The highest BCUT2D eigenvalue weighted by Crippen LogP contribution is 2.27. The molecule has 4 rings (SSSR count). The number of piperidine rings is 1. The highest BCUT2D eigenvalue weighted by atomic mass is 32.1. The molecule has 2 heterocycles. The van der Waals surface area contributed by atoms with Crippen molar-refractivity contribution >= 4 is 34.0 Å². The lowest BCUT2D eigenvalue weighted by Crippen LogP contribution is -2.43. The molecule has 0 aliphatic carbocycles. The van der Waals surface area contributed by atoms with Crippen LogP contribution in [0, 0.1) is 5.92 Å². The minimum atomic E-state index is -0.478. The average Bonchev–Trinajstić information content (AvgIpc) is 2.78. The van der Waals surface area contributed by atoms with E-state index >= 15 is 0 Å². The fourth-order valence-corrected chi connectivity index (χ4v) is 4.25. The van der Waals surface area contributed by atoms with E-state index in [1.165, 1.54) is 11.6 Å². The van der Waals surface area contributed by atoms with E-state index < -0.39 is 5.63 Å². The lowest BCUT2D eigenvalue weighted by atomic mass is 9.90. The van der Waals surface area contributed by atoms with Crippen molar-refractivity contribution in [2.24, 2.45) is 11.0 Å². The number of fused-ring (bicyclic) bond motifs is 1. The number of thiocarbonyl (C=S) groups is 1. The molecule has 1 saturated heterocycles. The Hall–Kier alpha value is -3.19. The van der Waals surface area contributed by atoms with Gasteiger partial charge in [0.2, 0.25) is 0 Å². The summed E-state index contributed by atoms with van der Waals surface area (Å²) in [5.41, 5.74) is 5.01. The predicted molar refractivity (Wildman–Crippen MR) is 127 cm³/mol. The van der Waals surface area contributed by atoms with Crippen LogP contribution in [0.4, 0.5) is 0 Å². The van der Waals surface area contributed by atoms with Crippen LogP contribution in [-0.4, -0.2) is 33.9 Å². The number of rotatable bonds is 4. The summed E-state index contributed by atoms with van der Waals surface area (Å²) in [6.45, 7) is 3.50. The number of benzene rings is 2. The molecule has 31 heavy (non-hydrogen) atoms. The molecule has 1 aromatic heterocycles. The first-order valence-corrected chi connectivity index (χ1v) is 10.8. The molecule has 6 nitrogen and oxygen atoms in total. The fraction of sp³-hybridized carbons (Fsp3) is 0.292. The number of hydrogen-bond donors (Lipinski definition) is 2. The van der Waals surface area contributed by atoms with Crippen LogP contribution in [0.5, 0.6) is 5.75 Å². The molecule has 160 valence electrons. The van der Waals surface area contributed by atoms with Crippen LogP contribution in [-0.2, 0) is 6.42 Å². The Labute approximate surface area is 186 Å². The zero-order valence-corrected chi connectivity index (χ0v) is 18.2. The van der Waals surface area contributed by atoms with Crippen molar-refractivity contribution in [2.45, 2.75) is 26.2 Å². The number of nitrogens with zero attached hydrogens (tertiary/aromatic N) is 2. The quantitative estimate of drug-likeness (QED) is 0.279. The van der Waals surface area contributed by atoms with E-state index in [0.717, 1.165) is 32.4 Å². The first-order chi connectivity index (χ1) is 15.0. The van der Waals surface area contributed by atoms with Gasteiger partial charge in [-0.25, -0.2) is 4.79 Å². The van der Waals surface area contributed by atoms with Gasteiger partial charge in [-0.05, 0) is 68.1 Å². The maximum atomic E-state index is 11.7. The van der Waals surface area contributed by atoms with Crippen molar-refractivity contribution in [2.75, 3.05) is 13.1 Å².